The fourth-order valence-corrected chi connectivity index (χ4v) is 4.36. The molecule has 3 rings (SSSR count). The molecule has 0 saturated heterocycles. The van der Waals surface area contributed by atoms with Gasteiger partial charge in [0.15, 0.2) is 5.78 Å². The molecule has 2 heterocycles. The van der Waals surface area contributed by atoms with Crippen LogP contribution in [-0.4, -0.2) is 34.6 Å². The number of carbonyl (C=O) groups is 1. The molecule has 1 aromatic carbocycles. The number of halogens is 3. The normalized spacial score (nSPS) is 13.5. The van der Waals surface area contributed by atoms with Crippen molar-refractivity contribution in [1.29, 1.82) is 5.26 Å². The molecule has 2 atom stereocenters. The Morgan fingerprint density at radius 3 is 2.58 bits per heavy atom. The van der Waals surface area contributed by atoms with Crippen LogP contribution in [0.1, 0.15) is 75.7 Å². The van der Waals surface area contributed by atoms with Crippen molar-refractivity contribution >= 4 is 11.4 Å². The van der Waals surface area contributed by atoms with Gasteiger partial charge in [0.25, 0.3) is 6.36 Å². The Balaban J connectivity index is 1.97. The Labute approximate surface area is 233 Å². The van der Waals surface area contributed by atoms with Crippen molar-refractivity contribution in [2.75, 3.05) is 7.11 Å². The first-order valence-corrected chi connectivity index (χ1v) is 13.3. The van der Waals surface area contributed by atoms with E-state index < -0.39 is 17.7 Å². The van der Waals surface area contributed by atoms with Gasteiger partial charge in [-0.3, -0.25) is 9.20 Å². The number of hydrogen-bond donors (Lipinski definition) is 0. The van der Waals surface area contributed by atoms with Crippen LogP contribution in [0.2, 0.25) is 0 Å². The number of aromatic nitrogens is 2. The van der Waals surface area contributed by atoms with E-state index in [2.05, 4.69) is 17.6 Å². The summed E-state index contributed by atoms with van der Waals surface area (Å²) in [6.45, 7) is 10.3. The second-order valence-electron chi connectivity index (χ2n) is 10.6. The van der Waals surface area contributed by atoms with E-state index >= 15 is 0 Å². The number of methoxy groups -OCH3 is 1. The third-order valence-corrected chi connectivity index (χ3v) is 7.18. The Kier molecular flexibility index (Phi) is 9.67. The van der Waals surface area contributed by atoms with Crippen LogP contribution in [0.15, 0.2) is 49.3 Å². The van der Waals surface area contributed by atoms with E-state index in [0.29, 0.717) is 23.3 Å². The summed E-state index contributed by atoms with van der Waals surface area (Å²) in [5, 5.41) is 9.49. The molecule has 2 unspecified atom stereocenters. The van der Waals surface area contributed by atoms with Gasteiger partial charge in [-0.1, -0.05) is 20.4 Å². The summed E-state index contributed by atoms with van der Waals surface area (Å²) in [7, 11) is 1.40. The van der Waals surface area contributed by atoms with E-state index in [0.717, 1.165) is 11.6 Å². The number of pyridine rings is 1. The third kappa shape index (κ3) is 7.04. The topological polar surface area (TPSA) is 76.6 Å². The lowest BCUT2D eigenvalue weighted by atomic mass is 9.87. The molecule has 40 heavy (non-hydrogen) atoms. The zero-order chi connectivity index (χ0) is 29.7. The summed E-state index contributed by atoms with van der Waals surface area (Å²) in [6.07, 6.45) is 2.80. The molecule has 9 heteroatoms. The second-order valence-corrected chi connectivity index (χ2v) is 10.6. The molecule has 6 nitrogen and oxygen atoms in total. The predicted octanol–water partition coefficient (Wildman–Crippen LogP) is 8.10. The van der Waals surface area contributed by atoms with Gasteiger partial charge in [-0.05, 0) is 68.5 Å². The van der Waals surface area contributed by atoms with Crippen LogP contribution in [0.3, 0.4) is 0 Å². The molecule has 0 saturated carbocycles. The van der Waals surface area contributed by atoms with Gasteiger partial charge in [-0.25, -0.2) is 13.8 Å². The van der Waals surface area contributed by atoms with Gasteiger partial charge < -0.3 is 9.47 Å². The van der Waals surface area contributed by atoms with Gasteiger partial charge in [0.05, 0.1) is 30.5 Å². The standard InChI is InChI=1S/C31H36F3N3O3/c1-7-27(32)40-26-16-21(23-18-36-28-17-22(12-14-37(23)28)30(4,5)19-35)15-25(39-6)29(26)24(38)10-9-20(3)11-13-31(33,34)8-2/h7,12,14-18,20,27H,1,8-11,13H2,2-6H3. The van der Waals surface area contributed by atoms with Crippen LogP contribution >= 0.6 is 0 Å². The van der Waals surface area contributed by atoms with E-state index in [1.807, 2.05) is 37.3 Å². The molecule has 3 aromatic rings. The summed E-state index contributed by atoms with van der Waals surface area (Å²) in [5.41, 5.74) is 1.99. The number of fused-ring (bicyclic) bond motifs is 1. The van der Waals surface area contributed by atoms with Crippen molar-refractivity contribution in [3.8, 4) is 28.8 Å². The van der Waals surface area contributed by atoms with Crippen LogP contribution in [0.25, 0.3) is 16.9 Å². The van der Waals surface area contributed by atoms with Crippen molar-refractivity contribution in [2.24, 2.45) is 5.92 Å². The molecule has 0 bridgehead atoms. The van der Waals surface area contributed by atoms with Gasteiger partial charge in [-0.2, -0.15) is 9.65 Å². The maximum atomic E-state index is 14.4. The monoisotopic (exact) mass is 555 g/mol. The maximum absolute atomic E-state index is 14.4. The number of alkyl halides is 3. The number of hydrogen-bond acceptors (Lipinski definition) is 5. The minimum absolute atomic E-state index is 0.0193. The first kappa shape index (κ1) is 30.7. The fourth-order valence-electron chi connectivity index (χ4n) is 4.36. The van der Waals surface area contributed by atoms with Crippen LogP contribution < -0.4 is 9.47 Å². The summed E-state index contributed by atoms with van der Waals surface area (Å²) < 4.78 is 54.5. The SMILES string of the molecule is C=CC(F)Oc1cc(-c2cnc3cc(C(C)(C)C#N)ccn23)cc(OC)c1C(=O)CCC(C)CCC(F)(F)CC. The van der Waals surface area contributed by atoms with Crippen molar-refractivity contribution in [3.05, 3.63) is 60.4 Å². The van der Waals surface area contributed by atoms with Gasteiger partial charge in [0.1, 0.15) is 22.7 Å². The Morgan fingerprint density at radius 1 is 1.25 bits per heavy atom. The zero-order valence-corrected chi connectivity index (χ0v) is 23.6. The number of nitrogens with zero attached hydrogens (tertiary/aromatic N) is 3. The van der Waals surface area contributed by atoms with Gasteiger partial charge in [-0.15, -0.1) is 0 Å². The quantitative estimate of drug-likeness (QED) is 0.148. The minimum atomic E-state index is -2.72. The summed E-state index contributed by atoms with van der Waals surface area (Å²) in [5.74, 6) is -2.99. The van der Waals surface area contributed by atoms with Crippen LogP contribution in [0.5, 0.6) is 11.5 Å². The second kappa shape index (κ2) is 12.6. The average molecular weight is 556 g/mol. The molecule has 0 radical (unpaired) electrons. The van der Waals surface area contributed by atoms with Crippen LogP contribution in [-0.2, 0) is 5.41 Å². The number of Topliss-reactive ketones (excluding diaryl/α,β-unsaturated/α-hetero) is 1. The van der Waals surface area contributed by atoms with E-state index in [1.165, 1.54) is 14.0 Å². The molecule has 0 aliphatic rings. The predicted molar refractivity (Wildman–Crippen MR) is 149 cm³/mol. The molecule has 0 aliphatic heterocycles. The van der Waals surface area contributed by atoms with Crippen molar-refractivity contribution in [2.45, 2.75) is 77.5 Å². The Hall–Kier alpha value is -3.80. The summed E-state index contributed by atoms with van der Waals surface area (Å²) >= 11 is 0. The average Bonchev–Trinajstić information content (AvgIpc) is 3.37. The number of benzene rings is 1. The highest BCUT2D eigenvalue weighted by atomic mass is 19.3. The summed E-state index contributed by atoms with van der Waals surface area (Å²) in [4.78, 5) is 17.8. The lowest BCUT2D eigenvalue weighted by Crippen LogP contribution is -2.16. The molecule has 0 N–H and O–H groups in total. The molecular formula is C31H36F3N3O3. The van der Waals surface area contributed by atoms with Crippen molar-refractivity contribution in [1.82, 2.24) is 9.38 Å². The van der Waals surface area contributed by atoms with Crippen molar-refractivity contribution in [3.63, 3.8) is 0 Å². The first-order chi connectivity index (χ1) is 18.9. The van der Waals surface area contributed by atoms with Crippen LogP contribution in [0, 0.1) is 17.2 Å². The fraction of sp³-hybridized carbons (Fsp3) is 0.452. The smallest absolute Gasteiger partial charge is 0.257 e. The van der Waals surface area contributed by atoms with E-state index in [1.54, 1.807) is 24.5 Å². The van der Waals surface area contributed by atoms with Crippen LogP contribution in [0.4, 0.5) is 13.2 Å². The lowest BCUT2D eigenvalue weighted by molar-refractivity contribution is -0.0167. The third-order valence-electron chi connectivity index (χ3n) is 7.18. The first-order valence-electron chi connectivity index (χ1n) is 13.3. The molecule has 0 fully saturated rings. The van der Waals surface area contributed by atoms with E-state index in [-0.39, 0.29) is 54.4 Å². The molecule has 2 aromatic heterocycles. The number of carbonyl (C=O) groups excluding carboxylic acids is 1. The lowest BCUT2D eigenvalue weighted by Gasteiger charge is -2.19. The van der Waals surface area contributed by atoms with Gasteiger partial charge in [0, 0.05) is 31.0 Å². The molecule has 0 aliphatic carbocycles. The number of rotatable bonds is 14. The number of imidazole rings is 1. The van der Waals surface area contributed by atoms with Gasteiger partial charge in [0.2, 0.25) is 5.92 Å². The molecule has 214 valence electrons. The van der Waals surface area contributed by atoms with E-state index in [9.17, 15) is 23.2 Å². The zero-order valence-electron chi connectivity index (χ0n) is 23.6. The highest BCUT2D eigenvalue weighted by Gasteiger charge is 2.28. The number of ketones is 1. The van der Waals surface area contributed by atoms with Gasteiger partial charge >= 0.3 is 0 Å². The minimum Gasteiger partial charge on any atom is -0.496 e. The van der Waals surface area contributed by atoms with E-state index in [4.69, 9.17) is 9.47 Å². The maximum Gasteiger partial charge on any atom is 0.257 e. The molecule has 0 amide bonds. The molecule has 0 spiro atoms. The Morgan fingerprint density at radius 2 is 1.95 bits per heavy atom. The van der Waals surface area contributed by atoms with Crippen molar-refractivity contribution < 1.29 is 27.4 Å². The summed E-state index contributed by atoms with van der Waals surface area (Å²) in [6, 6.07) is 9.14. The number of nitriles is 1. The highest BCUT2D eigenvalue weighted by molar-refractivity contribution is 6.02. The highest BCUT2D eigenvalue weighted by Crippen LogP contribution is 2.38. The number of ether oxygens (including phenoxy) is 2. The molecular weight excluding hydrogens is 519 g/mol. The Bertz CT molecular complexity index is 1410. The largest absolute Gasteiger partial charge is 0.496 e.